The third-order valence-corrected chi connectivity index (χ3v) is 2.40. The number of carboxylic acid groups (broad SMARTS) is 1. The van der Waals surface area contributed by atoms with Crippen LogP contribution in [0.15, 0.2) is 22.2 Å². The molecule has 0 aromatic rings. The van der Waals surface area contributed by atoms with Crippen LogP contribution < -0.4 is 0 Å². The molecule has 0 aromatic carbocycles. The van der Waals surface area contributed by atoms with Gasteiger partial charge in [-0.2, -0.15) is 0 Å². The van der Waals surface area contributed by atoms with Crippen molar-refractivity contribution in [2.75, 3.05) is 0 Å². The van der Waals surface area contributed by atoms with Gasteiger partial charge in [0.2, 0.25) is 0 Å². The van der Waals surface area contributed by atoms with E-state index in [1.807, 2.05) is 6.08 Å². The monoisotopic (exact) mass is 220 g/mol. The minimum Gasteiger partial charge on any atom is -0.481 e. The largest absolute Gasteiger partial charge is 0.481 e. The molecule has 4 heteroatoms. The molecule has 1 N–H and O–H groups in total. The van der Waals surface area contributed by atoms with E-state index in [1.54, 1.807) is 0 Å². The van der Waals surface area contributed by atoms with E-state index in [9.17, 15) is 4.79 Å². The summed E-state index contributed by atoms with van der Waals surface area (Å²) in [6.45, 7) is 0. The zero-order chi connectivity index (χ0) is 9.84. The fraction of sp³-hybridized carbons (Fsp3) is 0.444. The van der Waals surface area contributed by atoms with Crippen molar-refractivity contribution in [3.8, 4) is 0 Å². The summed E-state index contributed by atoms with van der Waals surface area (Å²) in [5.74, 6) is -1.25. The Kier molecular flexibility index (Phi) is 3.82. The molecule has 1 rings (SSSR count). The van der Waals surface area contributed by atoms with E-state index in [2.05, 4.69) is 0 Å². The number of hydrogen-bond acceptors (Lipinski definition) is 1. The van der Waals surface area contributed by atoms with Crippen molar-refractivity contribution >= 4 is 29.2 Å². The first-order valence-electron chi connectivity index (χ1n) is 4.04. The number of allylic oxidation sites excluding steroid dienone is 2. The second-order valence-electron chi connectivity index (χ2n) is 2.94. The Hall–Kier alpha value is -0.470. The molecule has 0 heterocycles. The van der Waals surface area contributed by atoms with Gasteiger partial charge in [-0.15, -0.1) is 0 Å². The number of carbonyl (C=O) groups is 1. The number of aliphatic carboxylic acids is 1. The maximum absolute atomic E-state index is 10.8. The Morgan fingerprint density at radius 3 is 2.62 bits per heavy atom. The lowest BCUT2D eigenvalue weighted by Gasteiger charge is -2.20. The van der Waals surface area contributed by atoms with E-state index >= 15 is 0 Å². The maximum atomic E-state index is 10.8. The number of hydrogen-bond donors (Lipinski definition) is 1. The fourth-order valence-corrected chi connectivity index (χ4v) is 1.42. The molecule has 0 amide bonds. The maximum Gasteiger partial charge on any atom is 0.310 e. The van der Waals surface area contributed by atoms with Gasteiger partial charge in [0.25, 0.3) is 0 Å². The van der Waals surface area contributed by atoms with Gasteiger partial charge in [0, 0.05) is 0 Å². The molecule has 1 aliphatic rings. The first kappa shape index (κ1) is 10.6. The number of rotatable bonds is 4. The zero-order valence-electron chi connectivity index (χ0n) is 6.96. The van der Waals surface area contributed by atoms with Crippen LogP contribution in [-0.4, -0.2) is 11.1 Å². The summed E-state index contributed by atoms with van der Waals surface area (Å²) in [6.07, 6.45) is 5.72. The van der Waals surface area contributed by atoms with Crippen LogP contribution in [0, 0.1) is 5.92 Å². The Balaban J connectivity index is 2.58. The Bertz CT molecular complexity index is 265. The number of halogens is 2. The van der Waals surface area contributed by atoms with E-state index in [1.165, 1.54) is 6.08 Å². The van der Waals surface area contributed by atoms with Crippen LogP contribution in [0.25, 0.3) is 0 Å². The minimum atomic E-state index is -0.809. The summed E-state index contributed by atoms with van der Waals surface area (Å²) in [7, 11) is 0. The molecule has 0 aliphatic heterocycles. The van der Waals surface area contributed by atoms with Gasteiger partial charge in [0.05, 0.1) is 5.92 Å². The quantitative estimate of drug-likeness (QED) is 0.740. The van der Waals surface area contributed by atoms with E-state index in [0.717, 1.165) is 18.4 Å². The molecule has 0 fully saturated rings. The average Bonchev–Trinajstić information content (AvgIpc) is 1.92. The second kappa shape index (κ2) is 4.68. The minimum absolute atomic E-state index is 0.131. The fourth-order valence-electron chi connectivity index (χ4n) is 1.25. The van der Waals surface area contributed by atoms with Crippen molar-refractivity contribution in [3.05, 3.63) is 22.2 Å². The predicted molar refractivity (Wildman–Crippen MR) is 52.8 cm³/mol. The first-order valence-corrected chi connectivity index (χ1v) is 4.79. The molecule has 2 nitrogen and oxygen atoms in total. The molecule has 1 atom stereocenters. The SMILES string of the molecule is O=C(O)C(CC=C(Cl)Cl)C1=CCC1. The van der Waals surface area contributed by atoms with Crippen molar-refractivity contribution in [1.82, 2.24) is 0 Å². The summed E-state index contributed by atoms with van der Waals surface area (Å²) in [5, 5.41) is 8.87. The molecule has 13 heavy (non-hydrogen) atoms. The standard InChI is InChI=1S/C9H10Cl2O2/c10-8(11)5-4-7(9(12)13)6-2-1-3-6/h2,5,7H,1,3-4H2,(H,12,13). The van der Waals surface area contributed by atoms with Gasteiger partial charge in [0.15, 0.2) is 0 Å². The normalized spacial score (nSPS) is 16.9. The molecule has 0 radical (unpaired) electrons. The lowest BCUT2D eigenvalue weighted by Crippen LogP contribution is -2.18. The van der Waals surface area contributed by atoms with Crippen LogP contribution >= 0.6 is 23.2 Å². The molecule has 1 unspecified atom stereocenters. The van der Waals surface area contributed by atoms with Crippen molar-refractivity contribution in [1.29, 1.82) is 0 Å². The van der Waals surface area contributed by atoms with Crippen LogP contribution in [0.2, 0.25) is 0 Å². The third-order valence-electron chi connectivity index (χ3n) is 2.09. The highest BCUT2D eigenvalue weighted by molar-refractivity contribution is 6.55. The zero-order valence-corrected chi connectivity index (χ0v) is 8.48. The van der Waals surface area contributed by atoms with Gasteiger partial charge in [-0.3, -0.25) is 4.79 Å². The summed E-state index contributed by atoms with van der Waals surface area (Å²) >= 11 is 10.8. The highest BCUT2D eigenvalue weighted by atomic mass is 35.5. The van der Waals surface area contributed by atoms with E-state index in [0.29, 0.717) is 6.42 Å². The first-order chi connectivity index (χ1) is 6.11. The smallest absolute Gasteiger partial charge is 0.310 e. The van der Waals surface area contributed by atoms with Gasteiger partial charge in [0.1, 0.15) is 4.49 Å². The lowest BCUT2D eigenvalue weighted by atomic mass is 9.85. The molecule has 0 saturated heterocycles. The molecular formula is C9H10Cl2O2. The van der Waals surface area contributed by atoms with E-state index in [4.69, 9.17) is 28.3 Å². The second-order valence-corrected chi connectivity index (χ2v) is 3.95. The van der Waals surface area contributed by atoms with Crippen LogP contribution in [0.1, 0.15) is 19.3 Å². The Morgan fingerprint density at radius 1 is 1.69 bits per heavy atom. The van der Waals surface area contributed by atoms with Crippen molar-refractivity contribution in [2.45, 2.75) is 19.3 Å². The van der Waals surface area contributed by atoms with Crippen LogP contribution in [-0.2, 0) is 4.79 Å². The Labute approximate surface area is 86.8 Å². The highest BCUT2D eigenvalue weighted by Crippen LogP contribution is 2.29. The van der Waals surface area contributed by atoms with Gasteiger partial charge < -0.3 is 5.11 Å². The van der Waals surface area contributed by atoms with Gasteiger partial charge in [-0.25, -0.2) is 0 Å². The van der Waals surface area contributed by atoms with Crippen LogP contribution in [0.3, 0.4) is 0 Å². The highest BCUT2D eigenvalue weighted by Gasteiger charge is 2.23. The van der Waals surface area contributed by atoms with Crippen LogP contribution in [0.4, 0.5) is 0 Å². The predicted octanol–water partition coefficient (Wildman–Crippen LogP) is 3.12. The molecule has 0 aromatic heterocycles. The van der Waals surface area contributed by atoms with Crippen molar-refractivity contribution < 1.29 is 9.90 Å². The van der Waals surface area contributed by atoms with Crippen LogP contribution in [0.5, 0.6) is 0 Å². The summed E-state index contributed by atoms with van der Waals surface area (Å²) in [5.41, 5.74) is 0.985. The molecule has 0 saturated carbocycles. The molecule has 1 aliphatic carbocycles. The summed E-state index contributed by atoms with van der Waals surface area (Å²) in [4.78, 5) is 10.8. The molecule has 0 spiro atoms. The molecular weight excluding hydrogens is 211 g/mol. The van der Waals surface area contributed by atoms with Crippen molar-refractivity contribution in [3.63, 3.8) is 0 Å². The lowest BCUT2D eigenvalue weighted by molar-refractivity contribution is -0.140. The average molecular weight is 221 g/mol. The van der Waals surface area contributed by atoms with Gasteiger partial charge in [-0.05, 0) is 19.3 Å². The van der Waals surface area contributed by atoms with E-state index < -0.39 is 11.9 Å². The van der Waals surface area contributed by atoms with Crippen molar-refractivity contribution in [2.24, 2.45) is 5.92 Å². The Morgan fingerprint density at radius 2 is 2.31 bits per heavy atom. The molecule has 0 bridgehead atoms. The summed E-state index contributed by atoms with van der Waals surface area (Å²) in [6, 6.07) is 0. The van der Waals surface area contributed by atoms with Gasteiger partial charge >= 0.3 is 5.97 Å². The third kappa shape index (κ3) is 3.05. The summed E-state index contributed by atoms with van der Waals surface area (Å²) < 4.78 is 0.131. The van der Waals surface area contributed by atoms with E-state index in [-0.39, 0.29) is 4.49 Å². The topological polar surface area (TPSA) is 37.3 Å². The molecule has 72 valence electrons. The van der Waals surface area contributed by atoms with Gasteiger partial charge in [-0.1, -0.05) is 40.9 Å². The number of carboxylic acids is 1.